The minimum atomic E-state index is -0.826. The molecule has 1 fully saturated rings. The zero-order valence-electron chi connectivity index (χ0n) is 21.3. The summed E-state index contributed by atoms with van der Waals surface area (Å²) in [4.78, 5) is 8.93. The number of imidazole rings is 1. The van der Waals surface area contributed by atoms with Crippen LogP contribution in [0.1, 0.15) is 48.2 Å². The SMILES string of the molecule is COC1(c2cc(F)c(-c3ccc4cnc(Cc5cnccc5[C@@H]5CC(C)=C[C@H](N)C5)n4n3)c(F)c2)COC1. The average molecular weight is 518 g/mol. The second-order valence-corrected chi connectivity index (χ2v) is 10.3. The molecule has 1 aliphatic heterocycles. The number of hydrogen-bond donors (Lipinski definition) is 1. The number of nitrogens with two attached hydrogens (primary N) is 1. The van der Waals surface area contributed by atoms with E-state index in [2.05, 4.69) is 28.1 Å². The molecule has 2 aliphatic rings. The molecule has 0 saturated carbocycles. The molecule has 38 heavy (non-hydrogen) atoms. The van der Waals surface area contributed by atoms with E-state index >= 15 is 8.78 Å². The molecule has 0 amide bonds. The summed E-state index contributed by atoms with van der Waals surface area (Å²) in [5.41, 5.74) is 10.1. The third-order valence-electron chi connectivity index (χ3n) is 7.69. The lowest BCUT2D eigenvalue weighted by Gasteiger charge is -2.40. The first-order valence-electron chi connectivity index (χ1n) is 12.7. The van der Waals surface area contributed by atoms with Crippen LogP contribution in [0.25, 0.3) is 16.8 Å². The van der Waals surface area contributed by atoms with E-state index in [1.807, 2.05) is 12.3 Å². The van der Waals surface area contributed by atoms with Gasteiger partial charge in [-0.1, -0.05) is 11.6 Å². The second kappa shape index (κ2) is 9.65. The van der Waals surface area contributed by atoms with Crippen molar-refractivity contribution in [1.82, 2.24) is 19.6 Å². The molecule has 4 aromatic rings. The third kappa shape index (κ3) is 4.30. The minimum Gasteiger partial charge on any atom is -0.375 e. The van der Waals surface area contributed by atoms with Crippen molar-refractivity contribution in [1.29, 1.82) is 0 Å². The van der Waals surface area contributed by atoms with Gasteiger partial charge in [0.25, 0.3) is 0 Å². The highest BCUT2D eigenvalue weighted by molar-refractivity contribution is 5.63. The summed E-state index contributed by atoms with van der Waals surface area (Å²) < 4.78 is 43.0. The van der Waals surface area contributed by atoms with Gasteiger partial charge in [-0.2, -0.15) is 5.10 Å². The summed E-state index contributed by atoms with van der Waals surface area (Å²) in [5.74, 6) is -0.460. The fourth-order valence-corrected chi connectivity index (χ4v) is 5.65. The molecule has 2 atom stereocenters. The minimum absolute atomic E-state index is 0.0259. The Labute approximate surface area is 219 Å². The summed E-state index contributed by atoms with van der Waals surface area (Å²) in [6.45, 7) is 2.62. The van der Waals surface area contributed by atoms with Crippen LogP contribution in [0.2, 0.25) is 0 Å². The topological polar surface area (TPSA) is 87.6 Å². The van der Waals surface area contributed by atoms with Gasteiger partial charge in [0.05, 0.1) is 36.2 Å². The molecule has 196 valence electrons. The van der Waals surface area contributed by atoms with Gasteiger partial charge >= 0.3 is 0 Å². The fraction of sp³-hybridized carbons (Fsp3) is 0.345. The fourth-order valence-electron chi connectivity index (χ4n) is 5.65. The summed E-state index contributed by atoms with van der Waals surface area (Å²) in [7, 11) is 1.51. The number of nitrogens with zero attached hydrogens (tertiary/aromatic N) is 4. The van der Waals surface area contributed by atoms with Gasteiger partial charge < -0.3 is 15.2 Å². The van der Waals surface area contributed by atoms with E-state index in [9.17, 15) is 0 Å². The van der Waals surface area contributed by atoms with Gasteiger partial charge in [-0.25, -0.2) is 18.3 Å². The van der Waals surface area contributed by atoms with E-state index < -0.39 is 17.2 Å². The van der Waals surface area contributed by atoms with Crippen LogP contribution in [0.4, 0.5) is 8.78 Å². The van der Waals surface area contributed by atoms with Gasteiger partial charge in [-0.15, -0.1) is 0 Å². The van der Waals surface area contributed by atoms with E-state index in [4.69, 9.17) is 15.2 Å². The Morgan fingerprint density at radius 1 is 1.16 bits per heavy atom. The summed E-state index contributed by atoms with van der Waals surface area (Å²) in [6.07, 6.45) is 9.78. The number of allylic oxidation sites excluding steroid dienone is 1. The number of rotatable bonds is 6. The largest absolute Gasteiger partial charge is 0.375 e. The zero-order valence-corrected chi connectivity index (χ0v) is 21.3. The molecule has 1 aliphatic carbocycles. The van der Waals surface area contributed by atoms with Gasteiger partial charge in [0.15, 0.2) is 0 Å². The highest BCUT2D eigenvalue weighted by atomic mass is 19.1. The Hall–Kier alpha value is -3.53. The third-order valence-corrected chi connectivity index (χ3v) is 7.69. The Balaban J connectivity index is 1.35. The van der Waals surface area contributed by atoms with Crippen molar-refractivity contribution in [2.45, 2.75) is 43.7 Å². The number of ether oxygens (including phenoxy) is 2. The van der Waals surface area contributed by atoms with Crippen molar-refractivity contribution < 1.29 is 18.3 Å². The first-order valence-corrected chi connectivity index (χ1v) is 12.7. The lowest BCUT2D eigenvalue weighted by atomic mass is 9.80. The zero-order chi connectivity index (χ0) is 26.4. The lowest BCUT2D eigenvalue weighted by Crippen LogP contribution is -2.48. The normalized spacial score (nSPS) is 20.8. The quantitative estimate of drug-likeness (QED) is 0.374. The van der Waals surface area contributed by atoms with Gasteiger partial charge in [-0.3, -0.25) is 4.98 Å². The molecule has 0 radical (unpaired) electrons. The van der Waals surface area contributed by atoms with Crippen molar-refractivity contribution in [3.05, 3.63) is 94.7 Å². The molecule has 6 rings (SSSR count). The van der Waals surface area contributed by atoms with Crippen molar-refractivity contribution in [2.24, 2.45) is 5.73 Å². The van der Waals surface area contributed by atoms with Crippen LogP contribution in [0, 0.1) is 11.6 Å². The average Bonchev–Trinajstić information content (AvgIpc) is 3.25. The monoisotopic (exact) mass is 517 g/mol. The summed E-state index contributed by atoms with van der Waals surface area (Å²) >= 11 is 0. The molecule has 0 spiro atoms. The molecule has 0 unspecified atom stereocenters. The number of hydrogen-bond acceptors (Lipinski definition) is 6. The number of fused-ring (bicyclic) bond motifs is 1. The maximum atomic E-state index is 15.3. The molecule has 1 saturated heterocycles. The predicted molar refractivity (Wildman–Crippen MR) is 139 cm³/mol. The number of halogens is 2. The van der Waals surface area contributed by atoms with Gasteiger partial charge in [0.1, 0.15) is 23.1 Å². The van der Waals surface area contributed by atoms with Crippen LogP contribution in [-0.2, 0) is 21.5 Å². The first-order chi connectivity index (χ1) is 18.4. The van der Waals surface area contributed by atoms with Crippen LogP contribution in [0.15, 0.2) is 60.6 Å². The molecule has 1 aromatic carbocycles. The maximum Gasteiger partial charge on any atom is 0.139 e. The predicted octanol–water partition coefficient (Wildman–Crippen LogP) is 4.68. The van der Waals surface area contributed by atoms with Crippen LogP contribution in [-0.4, -0.2) is 45.9 Å². The van der Waals surface area contributed by atoms with E-state index in [1.165, 1.54) is 30.4 Å². The lowest BCUT2D eigenvalue weighted by molar-refractivity contribution is -0.202. The molecule has 7 nitrogen and oxygen atoms in total. The molecular weight excluding hydrogens is 488 g/mol. The molecule has 9 heteroatoms. The first kappa shape index (κ1) is 24.8. The molecule has 0 bridgehead atoms. The van der Waals surface area contributed by atoms with E-state index in [0.717, 1.165) is 23.9 Å². The van der Waals surface area contributed by atoms with Crippen molar-refractivity contribution >= 4 is 5.52 Å². The van der Waals surface area contributed by atoms with Crippen LogP contribution in [0.3, 0.4) is 0 Å². The summed E-state index contributed by atoms with van der Waals surface area (Å²) in [5, 5.41) is 4.60. The number of methoxy groups -OCH3 is 1. The molecule has 4 heterocycles. The molecule has 3 aromatic heterocycles. The Bertz CT molecular complexity index is 1520. The van der Waals surface area contributed by atoms with Gasteiger partial charge in [0, 0.05) is 32.0 Å². The van der Waals surface area contributed by atoms with Crippen LogP contribution < -0.4 is 5.73 Å². The number of aromatic nitrogens is 4. The Morgan fingerprint density at radius 2 is 1.95 bits per heavy atom. The van der Waals surface area contributed by atoms with E-state index in [-0.39, 0.29) is 30.5 Å². The van der Waals surface area contributed by atoms with Crippen LogP contribution in [0.5, 0.6) is 0 Å². The smallest absolute Gasteiger partial charge is 0.139 e. The van der Waals surface area contributed by atoms with Crippen molar-refractivity contribution in [3.8, 4) is 11.3 Å². The van der Waals surface area contributed by atoms with Gasteiger partial charge in [0.2, 0.25) is 0 Å². The van der Waals surface area contributed by atoms with E-state index in [1.54, 1.807) is 29.0 Å². The van der Waals surface area contributed by atoms with Crippen molar-refractivity contribution in [2.75, 3.05) is 20.3 Å². The number of pyridine rings is 1. The summed E-state index contributed by atoms with van der Waals surface area (Å²) in [6, 6.07) is 8.05. The van der Waals surface area contributed by atoms with Crippen molar-refractivity contribution in [3.63, 3.8) is 0 Å². The van der Waals surface area contributed by atoms with E-state index in [0.29, 0.717) is 23.7 Å². The Morgan fingerprint density at radius 3 is 2.63 bits per heavy atom. The highest BCUT2D eigenvalue weighted by Crippen LogP contribution is 2.37. The van der Waals surface area contributed by atoms with Gasteiger partial charge in [-0.05, 0) is 72.7 Å². The maximum absolute atomic E-state index is 15.3. The standard InChI is InChI=1S/C29H29F2N5O2/c1-17-7-18(9-21(32)8-17)23-5-6-33-13-19(23)10-27-34-14-22-3-4-26(35-36(22)27)28-24(30)11-20(12-25(28)31)29(37-2)15-38-16-29/h3-6,8,11-14,18,21H,7,9-10,15-16,32H2,1-2H3/t18-,21+/m1/s1. The Kier molecular flexibility index (Phi) is 6.29. The second-order valence-electron chi connectivity index (χ2n) is 10.3. The molecular formula is C29H29F2N5O2. The number of benzene rings is 1. The highest BCUT2D eigenvalue weighted by Gasteiger charge is 2.41. The van der Waals surface area contributed by atoms with Crippen LogP contribution >= 0.6 is 0 Å². The molecule has 2 N–H and O–H groups in total.